The number of carbonyl (C=O) groups is 3. The lowest BCUT2D eigenvalue weighted by Crippen LogP contribution is -2.56. The predicted octanol–water partition coefficient (Wildman–Crippen LogP) is 0.847. The number of ether oxygens (including phenoxy) is 1. The third kappa shape index (κ3) is 4.33. The molecule has 10 heteroatoms. The molecule has 6 fully saturated rings. The number of aliphatic hydroxyl groups is 1. The molecule has 0 radical (unpaired) electrons. The van der Waals surface area contributed by atoms with Crippen molar-refractivity contribution in [2.45, 2.75) is 57.1 Å². The molecule has 4 aliphatic carbocycles. The molecule has 1 aromatic heterocycles. The molecule has 7 rings (SSSR count). The number of likely N-dealkylation sites (tertiary alicyclic amines) is 1. The minimum Gasteiger partial charge on any atom is -0.454 e. The lowest BCUT2D eigenvalue weighted by atomic mass is 9.49. The van der Waals surface area contributed by atoms with Crippen LogP contribution in [0, 0.1) is 23.2 Å². The Morgan fingerprint density at radius 1 is 0.944 bits per heavy atom. The lowest BCUT2D eigenvalue weighted by molar-refractivity contribution is -0.166. The minimum atomic E-state index is -0.819. The van der Waals surface area contributed by atoms with E-state index in [0.29, 0.717) is 49.9 Å². The van der Waals surface area contributed by atoms with E-state index in [4.69, 9.17) is 4.74 Å². The van der Waals surface area contributed by atoms with Crippen LogP contribution < -0.4 is 4.90 Å². The molecule has 2 amide bonds. The second kappa shape index (κ2) is 9.28. The molecule has 2 saturated heterocycles. The van der Waals surface area contributed by atoms with Gasteiger partial charge in [-0.15, -0.1) is 0 Å². The van der Waals surface area contributed by atoms with Gasteiger partial charge in [-0.3, -0.25) is 9.59 Å². The first kappa shape index (κ1) is 23.6. The van der Waals surface area contributed by atoms with E-state index in [1.807, 2.05) is 4.90 Å². The van der Waals surface area contributed by atoms with Crippen LogP contribution in [0.4, 0.5) is 5.95 Å². The first-order chi connectivity index (χ1) is 17.4. The Morgan fingerprint density at radius 2 is 1.56 bits per heavy atom. The first-order valence-corrected chi connectivity index (χ1v) is 13.4. The van der Waals surface area contributed by atoms with Crippen molar-refractivity contribution in [1.29, 1.82) is 0 Å². The second-order valence-corrected chi connectivity index (χ2v) is 11.6. The maximum Gasteiger partial charge on any atom is 0.329 e. The van der Waals surface area contributed by atoms with Crippen LogP contribution in [0.1, 0.15) is 44.9 Å². The largest absolute Gasteiger partial charge is 0.454 e. The highest BCUT2D eigenvalue weighted by molar-refractivity contribution is 5.90. The van der Waals surface area contributed by atoms with E-state index < -0.39 is 18.1 Å². The molecule has 6 aliphatic rings. The van der Waals surface area contributed by atoms with Crippen LogP contribution in [0.15, 0.2) is 18.5 Å². The van der Waals surface area contributed by atoms with Crippen LogP contribution in [0.25, 0.3) is 0 Å². The minimum absolute atomic E-state index is 0.0191. The van der Waals surface area contributed by atoms with Gasteiger partial charge in [0, 0.05) is 51.5 Å². The van der Waals surface area contributed by atoms with Gasteiger partial charge in [-0.1, -0.05) is 0 Å². The maximum absolute atomic E-state index is 13.8. The topological polar surface area (TPSA) is 116 Å². The van der Waals surface area contributed by atoms with E-state index in [1.165, 1.54) is 19.3 Å². The molecule has 2 atom stereocenters. The van der Waals surface area contributed by atoms with Gasteiger partial charge in [0.25, 0.3) is 5.91 Å². The molecule has 4 saturated carbocycles. The van der Waals surface area contributed by atoms with Crippen molar-refractivity contribution >= 4 is 23.7 Å². The van der Waals surface area contributed by atoms with Crippen molar-refractivity contribution in [3.63, 3.8) is 0 Å². The molecular weight excluding hydrogens is 462 g/mol. The summed E-state index contributed by atoms with van der Waals surface area (Å²) in [5.41, 5.74) is -0.380. The molecule has 3 heterocycles. The average molecular weight is 498 g/mol. The van der Waals surface area contributed by atoms with Crippen molar-refractivity contribution in [2.75, 3.05) is 44.2 Å². The quantitative estimate of drug-likeness (QED) is 0.595. The molecule has 0 aromatic carbocycles. The molecule has 0 unspecified atom stereocenters. The first-order valence-electron chi connectivity index (χ1n) is 13.4. The number of aromatic nitrogens is 2. The standard InChI is InChI=1S/C26H35N5O5/c32-20-11-21(31(15-20)24(35)26-12-17-8-18(13-26)10-19(9-17)14-26)23(34)36-16-22(33)29-4-6-30(7-5-29)25-27-2-1-3-28-25/h1-3,17-21,32H,4-16H2/t17?,18?,19?,20-,21+,26?/m0/s1. The average Bonchev–Trinajstić information content (AvgIpc) is 3.28. The summed E-state index contributed by atoms with van der Waals surface area (Å²) < 4.78 is 5.43. The fraction of sp³-hybridized carbons (Fsp3) is 0.731. The van der Waals surface area contributed by atoms with Crippen molar-refractivity contribution < 1.29 is 24.2 Å². The Labute approximate surface area is 211 Å². The Morgan fingerprint density at radius 3 is 2.17 bits per heavy atom. The molecule has 194 valence electrons. The van der Waals surface area contributed by atoms with Crippen molar-refractivity contribution in [1.82, 2.24) is 19.8 Å². The summed E-state index contributed by atoms with van der Waals surface area (Å²) in [6.07, 6.45) is 9.22. The number of piperazine rings is 1. The van der Waals surface area contributed by atoms with Crippen LogP contribution in [-0.4, -0.2) is 94.1 Å². The highest BCUT2D eigenvalue weighted by Gasteiger charge is 2.57. The summed E-state index contributed by atoms with van der Waals surface area (Å²) in [4.78, 5) is 53.4. The Hall–Kier alpha value is -2.75. The number of amides is 2. The molecular formula is C26H35N5O5. The van der Waals surface area contributed by atoms with Crippen LogP contribution >= 0.6 is 0 Å². The number of nitrogens with zero attached hydrogens (tertiary/aromatic N) is 5. The summed E-state index contributed by atoms with van der Waals surface area (Å²) >= 11 is 0. The SMILES string of the molecule is O=C(OCC(=O)N1CCN(c2ncccn2)CC1)[C@H]1C[C@H](O)CN1C(=O)C12CC3CC(CC(C3)C1)C2. The maximum atomic E-state index is 13.8. The fourth-order valence-electron chi connectivity index (χ4n) is 7.87. The van der Waals surface area contributed by atoms with Crippen molar-refractivity contribution in [3.05, 3.63) is 18.5 Å². The summed E-state index contributed by atoms with van der Waals surface area (Å²) in [7, 11) is 0. The number of esters is 1. The normalized spacial score (nSPS) is 35.2. The van der Waals surface area contributed by atoms with Gasteiger partial charge in [-0.2, -0.15) is 0 Å². The Bertz CT molecular complexity index is 976. The van der Waals surface area contributed by atoms with E-state index in [2.05, 4.69) is 9.97 Å². The zero-order valence-corrected chi connectivity index (χ0v) is 20.6. The van der Waals surface area contributed by atoms with Gasteiger partial charge in [0.2, 0.25) is 11.9 Å². The molecule has 1 aromatic rings. The molecule has 1 N–H and O–H groups in total. The van der Waals surface area contributed by atoms with Crippen molar-refractivity contribution in [3.8, 4) is 0 Å². The molecule has 2 aliphatic heterocycles. The van der Waals surface area contributed by atoms with Gasteiger partial charge in [0.15, 0.2) is 6.61 Å². The number of carbonyl (C=O) groups excluding carboxylic acids is 3. The van der Waals surface area contributed by atoms with Gasteiger partial charge in [-0.25, -0.2) is 14.8 Å². The van der Waals surface area contributed by atoms with Gasteiger partial charge >= 0.3 is 5.97 Å². The monoisotopic (exact) mass is 497 g/mol. The van der Waals surface area contributed by atoms with Crippen LogP contribution in [0.3, 0.4) is 0 Å². The van der Waals surface area contributed by atoms with Gasteiger partial charge in [-0.05, 0) is 62.3 Å². The third-order valence-electron chi connectivity index (χ3n) is 9.11. The van der Waals surface area contributed by atoms with Gasteiger partial charge in [0.05, 0.1) is 11.5 Å². The summed E-state index contributed by atoms with van der Waals surface area (Å²) in [6.45, 7) is 2.00. The van der Waals surface area contributed by atoms with Crippen LogP contribution in [-0.2, 0) is 19.1 Å². The number of rotatable bonds is 5. The van der Waals surface area contributed by atoms with Gasteiger partial charge in [0.1, 0.15) is 6.04 Å². The number of β-amino-alcohol motifs (C(OH)–C–C–N with tert-alkyl or cyclic N) is 1. The third-order valence-corrected chi connectivity index (χ3v) is 9.11. The van der Waals surface area contributed by atoms with E-state index in [9.17, 15) is 19.5 Å². The molecule has 10 nitrogen and oxygen atoms in total. The van der Waals surface area contributed by atoms with E-state index in [1.54, 1.807) is 28.3 Å². The second-order valence-electron chi connectivity index (χ2n) is 11.6. The fourth-order valence-corrected chi connectivity index (χ4v) is 7.87. The van der Waals surface area contributed by atoms with E-state index in [0.717, 1.165) is 19.3 Å². The Kier molecular flexibility index (Phi) is 6.09. The highest BCUT2D eigenvalue weighted by atomic mass is 16.5. The van der Waals surface area contributed by atoms with E-state index in [-0.39, 0.29) is 36.8 Å². The van der Waals surface area contributed by atoms with Crippen LogP contribution in [0.2, 0.25) is 0 Å². The number of aliphatic hydroxyl groups excluding tert-OH is 1. The zero-order valence-electron chi connectivity index (χ0n) is 20.6. The summed E-state index contributed by atoms with van der Waals surface area (Å²) in [6, 6.07) is 0.944. The Balaban J connectivity index is 1.04. The van der Waals surface area contributed by atoms with E-state index >= 15 is 0 Å². The number of hydrogen-bond acceptors (Lipinski definition) is 8. The highest BCUT2D eigenvalue weighted by Crippen LogP contribution is 2.60. The molecule has 4 bridgehead atoms. The number of hydrogen-bond donors (Lipinski definition) is 1. The predicted molar refractivity (Wildman–Crippen MR) is 129 cm³/mol. The summed E-state index contributed by atoms with van der Waals surface area (Å²) in [5.74, 6) is 1.66. The number of anilines is 1. The smallest absolute Gasteiger partial charge is 0.329 e. The summed E-state index contributed by atoms with van der Waals surface area (Å²) in [5, 5.41) is 10.4. The molecule has 0 spiro atoms. The van der Waals surface area contributed by atoms with Crippen molar-refractivity contribution in [2.24, 2.45) is 23.2 Å². The lowest BCUT2D eigenvalue weighted by Gasteiger charge is -2.56. The zero-order chi connectivity index (χ0) is 24.9. The van der Waals surface area contributed by atoms with Crippen LogP contribution in [0.5, 0.6) is 0 Å². The van der Waals surface area contributed by atoms with Gasteiger partial charge < -0.3 is 24.5 Å². The molecule has 36 heavy (non-hydrogen) atoms.